The van der Waals surface area contributed by atoms with Gasteiger partial charge in [0.15, 0.2) is 11.9 Å². The minimum absolute atomic E-state index is 0.152. The monoisotopic (exact) mass is 353 g/mol. The molecule has 1 aromatic carbocycles. The molecule has 26 heavy (non-hydrogen) atoms. The third kappa shape index (κ3) is 3.37. The molecule has 6 nitrogen and oxygen atoms in total. The van der Waals surface area contributed by atoms with E-state index in [-0.39, 0.29) is 12.5 Å². The van der Waals surface area contributed by atoms with Gasteiger partial charge in [-0.25, -0.2) is 4.98 Å². The number of hydrogen-bond donors (Lipinski definition) is 2. The lowest BCUT2D eigenvalue weighted by atomic mass is 9.98. The summed E-state index contributed by atoms with van der Waals surface area (Å²) >= 11 is 0. The molecule has 1 amide bonds. The number of piperidine rings is 1. The van der Waals surface area contributed by atoms with Crippen LogP contribution in [0.5, 0.6) is 5.75 Å². The highest BCUT2D eigenvalue weighted by atomic mass is 16.5. The average molecular weight is 353 g/mol. The second-order valence-electron chi connectivity index (χ2n) is 6.90. The van der Waals surface area contributed by atoms with Crippen LogP contribution in [-0.4, -0.2) is 41.8 Å². The first-order valence-corrected chi connectivity index (χ1v) is 9.11. The number of benzene rings is 1. The maximum Gasteiger partial charge on any atom is 0.265 e. The van der Waals surface area contributed by atoms with E-state index >= 15 is 0 Å². The largest absolute Gasteiger partial charge is 0.480 e. The molecule has 0 bridgehead atoms. The molecule has 2 aromatic rings. The zero-order chi connectivity index (χ0) is 17.9. The van der Waals surface area contributed by atoms with Crippen LogP contribution in [0.3, 0.4) is 0 Å². The highest BCUT2D eigenvalue weighted by Crippen LogP contribution is 2.31. The Morgan fingerprint density at radius 1 is 1.23 bits per heavy atom. The van der Waals surface area contributed by atoms with E-state index < -0.39 is 6.10 Å². The van der Waals surface area contributed by atoms with E-state index in [4.69, 9.17) is 4.74 Å². The van der Waals surface area contributed by atoms with Crippen molar-refractivity contribution in [3.8, 4) is 5.75 Å². The van der Waals surface area contributed by atoms with Crippen molar-refractivity contribution < 1.29 is 14.6 Å². The first-order chi connectivity index (χ1) is 12.7. The lowest BCUT2D eigenvalue weighted by Crippen LogP contribution is -2.37. The molecule has 0 radical (unpaired) electrons. The molecule has 1 aromatic heterocycles. The van der Waals surface area contributed by atoms with Gasteiger partial charge in [-0.1, -0.05) is 18.2 Å². The number of para-hydroxylation sites is 1. The van der Waals surface area contributed by atoms with Crippen molar-refractivity contribution >= 4 is 17.4 Å². The number of fused-ring (bicyclic) bond motifs is 1. The third-order valence-corrected chi connectivity index (χ3v) is 5.16. The van der Waals surface area contributed by atoms with Crippen LogP contribution in [0.2, 0.25) is 0 Å². The van der Waals surface area contributed by atoms with Crippen LogP contribution < -0.4 is 15.0 Å². The van der Waals surface area contributed by atoms with Crippen molar-refractivity contribution in [2.75, 3.05) is 29.9 Å². The van der Waals surface area contributed by atoms with Gasteiger partial charge in [-0.3, -0.25) is 4.79 Å². The van der Waals surface area contributed by atoms with Gasteiger partial charge in [0.1, 0.15) is 5.75 Å². The molecule has 1 unspecified atom stereocenters. The zero-order valence-electron chi connectivity index (χ0n) is 14.6. The average Bonchev–Trinajstić information content (AvgIpc) is 3.13. The van der Waals surface area contributed by atoms with E-state index in [9.17, 15) is 9.90 Å². The molecule has 3 heterocycles. The Hall–Kier alpha value is -2.60. The molecule has 6 heteroatoms. The Kier molecular flexibility index (Phi) is 4.75. The molecule has 0 spiro atoms. The summed E-state index contributed by atoms with van der Waals surface area (Å²) in [6.07, 6.45) is 3.67. The second-order valence-corrected chi connectivity index (χ2v) is 6.90. The lowest BCUT2D eigenvalue weighted by Gasteiger charge is -2.33. The lowest BCUT2D eigenvalue weighted by molar-refractivity contribution is -0.122. The van der Waals surface area contributed by atoms with Crippen LogP contribution in [0.25, 0.3) is 0 Å². The fourth-order valence-corrected chi connectivity index (χ4v) is 3.62. The van der Waals surface area contributed by atoms with Gasteiger partial charge in [0.05, 0.1) is 5.69 Å². The fourth-order valence-electron chi connectivity index (χ4n) is 3.62. The van der Waals surface area contributed by atoms with Crippen molar-refractivity contribution in [2.24, 2.45) is 5.92 Å². The van der Waals surface area contributed by atoms with Gasteiger partial charge in [-0.05, 0) is 42.5 Å². The van der Waals surface area contributed by atoms with Crippen molar-refractivity contribution in [3.63, 3.8) is 0 Å². The number of rotatable bonds is 4. The Balaban J connectivity index is 1.45. The molecular formula is C20H23N3O3. The SMILES string of the molecule is O=C(Nc1cccnc1N1CCC(CO)CC1)C1Cc2ccccc2O1. The molecule has 4 rings (SSSR count). The van der Waals surface area contributed by atoms with Crippen LogP contribution in [0.15, 0.2) is 42.6 Å². The van der Waals surface area contributed by atoms with Gasteiger partial charge in [-0.15, -0.1) is 0 Å². The Bertz CT molecular complexity index is 762. The van der Waals surface area contributed by atoms with Crippen molar-refractivity contribution in [2.45, 2.75) is 25.4 Å². The van der Waals surface area contributed by atoms with Crippen molar-refractivity contribution in [1.29, 1.82) is 0 Å². The fraction of sp³-hybridized carbons (Fsp3) is 0.400. The number of amides is 1. The van der Waals surface area contributed by atoms with Gasteiger partial charge in [-0.2, -0.15) is 0 Å². The molecule has 1 fully saturated rings. The van der Waals surface area contributed by atoms with E-state index in [1.807, 2.05) is 36.4 Å². The van der Waals surface area contributed by atoms with Gasteiger partial charge in [0, 0.05) is 32.3 Å². The second kappa shape index (κ2) is 7.33. The number of carbonyl (C=O) groups is 1. The smallest absolute Gasteiger partial charge is 0.265 e. The summed E-state index contributed by atoms with van der Waals surface area (Å²) in [5.41, 5.74) is 1.77. The van der Waals surface area contributed by atoms with Crippen LogP contribution in [0, 0.1) is 5.92 Å². The molecule has 2 aliphatic heterocycles. The number of aliphatic hydroxyl groups is 1. The summed E-state index contributed by atoms with van der Waals surface area (Å²) in [4.78, 5) is 19.4. The number of aromatic nitrogens is 1. The maximum absolute atomic E-state index is 12.7. The summed E-state index contributed by atoms with van der Waals surface area (Å²) < 4.78 is 5.78. The van der Waals surface area contributed by atoms with E-state index in [0.717, 1.165) is 43.1 Å². The van der Waals surface area contributed by atoms with E-state index in [1.165, 1.54) is 0 Å². The molecule has 136 valence electrons. The summed E-state index contributed by atoms with van der Waals surface area (Å²) in [5, 5.41) is 12.3. The highest BCUT2D eigenvalue weighted by molar-refractivity contribution is 5.97. The van der Waals surface area contributed by atoms with Gasteiger partial charge < -0.3 is 20.1 Å². The van der Waals surface area contributed by atoms with E-state index in [2.05, 4.69) is 15.2 Å². The predicted molar refractivity (Wildman–Crippen MR) is 99.5 cm³/mol. The third-order valence-electron chi connectivity index (χ3n) is 5.16. The molecule has 1 atom stereocenters. The van der Waals surface area contributed by atoms with Gasteiger partial charge in [0.2, 0.25) is 0 Å². The number of hydrogen-bond acceptors (Lipinski definition) is 5. The first-order valence-electron chi connectivity index (χ1n) is 9.11. The van der Waals surface area contributed by atoms with Crippen LogP contribution in [0.1, 0.15) is 18.4 Å². The van der Waals surface area contributed by atoms with Gasteiger partial charge in [0.25, 0.3) is 5.91 Å². The number of pyridine rings is 1. The zero-order valence-corrected chi connectivity index (χ0v) is 14.6. The van der Waals surface area contributed by atoms with Crippen LogP contribution in [0.4, 0.5) is 11.5 Å². The maximum atomic E-state index is 12.7. The summed E-state index contributed by atoms with van der Waals surface area (Å²) in [6.45, 7) is 1.90. The standard InChI is InChI=1S/C20H23N3O3/c24-13-14-7-10-23(11-8-14)19-16(5-3-9-21-19)22-20(25)18-12-15-4-1-2-6-17(15)26-18/h1-6,9,14,18,24H,7-8,10-13H2,(H,22,25). The summed E-state index contributed by atoms with van der Waals surface area (Å²) in [6, 6.07) is 11.4. The van der Waals surface area contributed by atoms with E-state index in [0.29, 0.717) is 18.0 Å². The Labute approximate surface area is 152 Å². The molecule has 0 aliphatic carbocycles. The van der Waals surface area contributed by atoms with Crippen molar-refractivity contribution in [3.05, 3.63) is 48.2 Å². The van der Waals surface area contributed by atoms with Crippen LogP contribution >= 0.6 is 0 Å². The molecule has 2 aliphatic rings. The Morgan fingerprint density at radius 2 is 2.04 bits per heavy atom. The van der Waals surface area contributed by atoms with Crippen LogP contribution in [-0.2, 0) is 11.2 Å². The Morgan fingerprint density at radius 3 is 2.81 bits per heavy atom. The van der Waals surface area contributed by atoms with E-state index in [1.54, 1.807) is 6.20 Å². The summed E-state index contributed by atoms with van der Waals surface area (Å²) in [7, 11) is 0. The predicted octanol–water partition coefficient (Wildman–Crippen LogP) is 2.23. The minimum atomic E-state index is -0.513. The molecule has 1 saturated heterocycles. The van der Waals surface area contributed by atoms with Gasteiger partial charge >= 0.3 is 0 Å². The van der Waals surface area contributed by atoms with Crippen molar-refractivity contribution in [1.82, 2.24) is 4.98 Å². The molecule has 0 saturated carbocycles. The quantitative estimate of drug-likeness (QED) is 0.882. The minimum Gasteiger partial charge on any atom is -0.480 e. The number of anilines is 2. The number of aliphatic hydroxyl groups excluding tert-OH is 1. The number of nitrogens with zero attached hydrogens (tertiary/aromatic N) is 2. The first kappa shape index (κ1) is 16.8. The number of nitrogens with one attached hydrogen (secondary N) is 1. The topological polar surface area (TPSA) is 74.7 Å². The molecular weight excluding hydrogens is 330 g/mol. The number of ether oxygens (including phenoxy) is 1. The normalized spacial score (nSPS) is 19.7. The highest BCUT2D eigenvalue weighted by Gasteiger charge is 2.30. The number of carbonyl (C=O) groups excluding carboxylic acids is 1. The summed E-state index contributed by atoms with van der Waals surface area (Å²) in [5.74, 6) is 1.77. The molecule has 2 N–H and O–H groups in total.